The maximum absolute atomic E-state index is 13.1. The van der Waals surface area contributed by atoms with Crippen molar-refractivity contribution < 1.29 is 19.0 Å². The number of carbonyl (C=O) groups excluding carboxylic acids is 1. The fraction of sp³-hybridized carbons (Fsp3) is 0.286. The van der Waals surface area contributed by atoms with E-state index in [4.69, 9.17) is 14.2 Å². The lowest BCUT2D eigenvalue weighted by Gasteiger charge is -2.20. The number of para-hydroxylation sites is 1. The molecule has 0 saturated carbocycles. The Hall–Kier alpha value is -3.79. The summed E-state index contributed by atoms with van der Waals surface area (Å²) in [5.74, 6) is 0.749. The number of hydrogen-bond acceptors (Lipinski definition) is 8. The third kappa shape index (κ3) is 4.10. The van der Waals surface area contributed by atoms with E-state index in [1.54, 1.807) is 30.5 Å². The van der Waals surface area contributed by atoms with E-state index in [0.29, 0.717) is 47.4 Å². The summed E-state index contributed by atoms with van der Waals surface area (Å²) in [6.07, 6.45) is 2.96. The van der Waals surface area contributed by atoms with Crippen LogP contribution in [0.2, 0.25) is 0 Å². The Balaban J connectivity index is 1.72. The van der Waals surface area contributed by atoms with Crippen molar-refractivity contribution in [3.05, 3.63) is 64.6 Å². The van der Waals surface area contributed by atoms with Gasteiger partial charge in [-0.1, -0.05) is 6.07 Å². The minimum Gasteiger partial charge on any atom is -0.493 e. The molecule has 1 aliphatic heterocycles. The molecule has 0 aliphatic carbocycles. The molecule has 0 spiro atoms. The van der Waals surface area contributed by atoms with Crippen LogP contribution in [0, 0.1) is 0 Å². The number of nitrogens with zero attached hydrogens (tertiary/aromatic N) is 4. The zero-order chi connectivity index (χ0) is 21.8. The second-order valence-electron chi connectivity index (χ2n) is 6.73. The predicted octanol–water partition coefficient (Wildman–Crippen LogP) is 1.22. The summed E-state index contributed by atoms with van der Waals surface area (Å²) in [7, 11) is 2.97. The van der Waals surface area contributed by atoms with Crippen LogP contribution in [0.1, 0.15) is 22.2 Å². The summed E-state index contributed by atoms with van der Waals surface area (Å²) >= 11 is 0. The first-order valence-corrected chi connectivity index (χ1v) is 9.60. The van der Waals surface area contributed by atoms with Crippen molar-refractivity contribution in [2.24, 2.45) is 0 Å². The van der Waals surface area contributed by atoms with Crippen LogP contribution >= 0.6 is 0 Å². The molecule has 1 aromatic carbocycles. The van der Waals surface area contributed by atoms with E-state index < -0.39 is 11.9 Å². The SMILES string of the molecule is COc1cccc(C(=O)NC2COCCn3c2nc(-c2ccncn2)cc3=O)c1OC. The van der Waals surface area contributed by atoms with E-state index in [9.17, 15) is 9.59 Å². The fourth-order valence-electron chi connectivity index (χ4n) is 3.43. The van der Waals surface area contributed by atoms with Crippen molar-refractivity contribution in [2.75, 3.05) is 27.4 Å². The molecule has 0 fully saturated rings. The van der Waals surface area contributed by atoms with E-state index in [1.807, 2.05) is 0 Å². The molecular formula is C21H21N5O5. The van der Waals surface area contributed by atoms with Crippen LogP contribution in [-0.2, 0) is 11.3 Å². The molecule has 3 aromatic rings. The van der Waals surface area contributed by atoms with Crippen LogP contribution in [0.25, 0.3) is 11.4 Å². The molecule has 0 bridgehead atoms. The number of amides is 1. The largest absolute Gasteiger partial charge is 0.493 e. The molecular weight excluding hydrogens is 402 g/mol. The molecule has 1 amide bonds. The Kier molecular flexibility index (Phi) is 5.89. The molecule has 160 valence electrons. The van der Waals surface area contributed by atoms with E-state index in [-0.39, 0.29) is 12.2 Å². The van der Waals surface area contributed by atoms with Gasteiger partial charge in [-0.2, -0.15) is 0 Å². The summed E-state index contributed by atoms with van der Waals surface area (Å²) in [4.78, 5) is 38.5. The molecule has 0 radical (unpaired) electrons. The van der Waals surface area contributed by atoms with Gasteiger partial charge in [-0.3, -0.25) is 14.2 Å². The minimum absolute atomic E-state index is 0.164. The summed E-state index contributed by atoms with van der Waals surface area (Å²) in [6, 6.07) is 7.47. The van der Waals surface area contributed by atoms with Crippen molar-refractivity contribution in [2.45, 2.75) is 12.6 Å². The molecule has 1 unspecified atom stereocenters. The van der Waals surface area contributed by atoms with Gasteiger partial charge < -0.3 is 19.5 Å². The topological polar surface area (TPSA) is 117 Å². The highest BCUT2D eigenvalue weighted by molar-refractivity contribution is 5.98. The number of aromatic nitrogens is 4. The van der Waals surface area contributed by atoms with Crippen molar-refractivity contribution in [1.82, 2.24) is 24.8 Å². The number of benzene rings is 1. The average Bonchev–Trinajstić information content (AvgIpc) is 3.01. The number of fused-ring (bicyclic) bond motifs is 1. The van der Waals surface area contributed by atoms with Gasteiger partial charge in [-0.05, 0) is 18.2 Å². The maximum Gasteiger partial charge on any atom is 0.255 e. The summed E-state index contributed by atoms with van der Waals surface area (Å²) < 4.78 is 17.8. The molecule has 3 heterocycles. The minimum atomic E-state index is -0.652. The van der Waals surface area contributed by atoms with Crippen LogP contribution in [0.4, 0.5) is 0 Å². The van der Waals surface area contributed by atoms with Gasteiger partial charge in [-0.15, -0.1) is 0 Å². The van der Waals surface area contributed by atoms with Crippen LogP contribution in [-0.4, -0.2) is 52.9 Å². The lowest BCUT2D eigenvalue weighted by atomic mass is 10.1. The third-order valence-corrected chi connectivity index (χ3v) is 4.89. The molecule has 4 rings (SSSR count). The normalized spacial score (nSPS) is 15.5. The highest BCUT2D eigenvalue weighted by atomic mass is 16.5. The van der Waals surface area contributed by atoms with Gasteiger partial charge in [0.25, 0.3) is 11.5 Å². The van der Waals surface area contributed by atoms with Gasteiger partial charge in [0, 0.05) is 12.3 Å². The first-order valence-electron chi connectivity index (χ1n) is 9.60. The fourth-order valence-corrected chi connectivity index (χ4v) is 3.43. The summed E-state index contributed by atoms with van der Waals surface area (Å²) in [6.45, 7) is 0.827. The molecule has 10 heteroatoms. The summed E-state index contributed by atoms with van der Waals surface area (Å²) in [5.41, 5.74) is 0.966. The second kappa shape index (κ2) is 8.92. The molecule has 1 atom stereocenters. The zero-order valence-electron chi connectivity index (χ0n) is 17.1. The van der Waals surface area contributed by atoms with E-state index >= 15 is 0 Å². The Morgan fingerprint density at radius 1 is 1.23 bits per heavy atom. The summed E-state index contributed by atoms with van der Waals surface area (Å²) in [5, 5.41) is 2.91. The molecule has 10 nitrogen and oxygen atoms in total. The van der Waals surface area contributed by atoms with Crippen molar-refractivity contribution in [3.63, 3.8) is 0 Å². The molecule has 0 saturated heterocycles. The molecule has 1 aliphatic rings. The standard InChI is InChI=1S/C21H21N5O5/c1-29-17-5-3-4-13(19(17)30-2)21(28)25-16-11-31-9-8-26-18(27)10-15(24-20(16)26)14-6-7-22-12-23-14/h3-7,10,12,16H,8-9,11H2,1-2H3,(H,25,28). The van der Waals surface area contributed by atoms with Gasteiger partial charge >= 0.3 is 0 Å². The quantitative estimate of drug-likeness (QED) is 0.651. The van der Waals surface area contributed by atoms with Crippen molar-refractivity contribution in [1.29, 1.82) is 0 Å². The second-order valence-corrected chi connectivity index (χ2v) is 6.73. The van der Waals surface area contributed by atoms with Gasteiger partial charge in [0.05, 0.1) is 50.9 Å². The maximum atomic E-state index is 13.1. The smallest absolute Gasteiger partial charge is 0.255 e. The van der Waals surface area contributed by atoms with Crippen molar-refractivity contribution in [3.8, 4) is 22.9 Å². The number of rotatable bonds is 5. The van der Waals surface area contributed by atoms with Gasteiger partial charge in [0.2, 0.25) is 0 Å². The van der Waals surface area contributed by atoms with Crippen LogP contribution < -0.4 is 20.3 Å². The Morgan fingerprint density at radius 2 is 2.10 bits per heavy atom. The molecule has 1 N–H and O–H groups in total. The number of hydrogen-bond donors (Lipinski definition) is 1. The van der Waals surface area contributed by atoms with Gasteiger partial charge in [-0.25, -0.2) is 15.0 Å². The molecule has 2 aromatic heterocycles. The number of ether oxygens (including phenoxy) is 3. The zero-order valence-corrected chi connectivity index (χ0v) is 17.1. The Labute approximate surface area is 177 Å². The van der Waals surface area contributed by atoms with Crippen LogP contribution in [0.5, 0.6) is 11.5 Å². The third-order valence-electron chi connectivity index (χ3n) is 4.89. The number of methoxy groups -OCH3 is 2. The van der Waals surface area contributed by atoms with Crippen LogP contribution in [0.3, 0.4) is 0 Å². The van der Waals surface area contributed by atoms with E-state index in [2.05, 4.69) is 20.3 Å². The number of nitrogens with one attached hydrogen (secondary N) is 1. The highest BCUT2D eigenvalue weighted by Gasteiger charge is 2.26. The Bertz CT molecular complexity index is 1150. The highest BCUT2D eigenvalue weighted by Crippen LogP contribution is 2.31. The monoisotopic (exact) mass is 423 g/mol. The number of carbonyl (C=O) groups is 1. The van der Waals surface area contributed by atoms with E-state index in [1.165, 1.54) is 31.2 Å². The first-order chi connectivity index (χ1) is 15.1. The average molecular weight is 423 g/mol. The van der Waals surface area contributed by atoms with Gasteiger partial charge in [0.1, 0.15) is 18.2 Å². The van der Waals surface area contributed by atoms with Gasteiger partial charge in [0.15, 0.2) is 11.5 Å². The first kappa shape index (κ1) is 20.5. The molecule has 31 heavy (non-hydrogen) atoms. The van der Waals surface area contributed by atoms with Crippen LogP contribution in [0.15, 0.2) is 47.7 Å². The lowest BCUT2D eigenvalue weighted by Crippen LogP contribution is -2.35. The Morgan fingerprint density at radius 3 is 2.84 bits per heavy atom. The van der Waals surface area contributed by atoms with E-state index in [0.717, 1.165) is 0 Å². The predicted molar refractivity (Wildman–Crippen MR) is 110 cm³/mol. The van der Waals surface area contributed by atoms with Crippen molar-refractivity contribution >= 4 is 5.91 Å². The lowest BCUT2D eigenvalue weighted by molar-refractivity contribution is 0.0852.